The number of rotatable bonds is 6. The van der Waals surface area contributed by atoms with Crippen molar-refractivity contribution in [2.75, 3.05) is 24.5 Å². The van der Waals surface area contributed by atoms with E-state index in [1.807, 2.05) is 30.3 Å². The maximum atomic E-state index is 12.9. The van der Waals surface area contributed by atoms with Gasteiger partial charge < -0.3 is 10.2 Å². The second-order valence-electron chi connectivity index (χ2n) is 7.61. The van der Waals surface area contributed by atoms with E-state index >= 15 is 0 Å². The van der Waals surface area contributed by atoms with Gasteiger partial charge >= 0.3 is 0 Å². The van der Waals surface area contributed by atoms with Crippen LogP contribution in [0.3, 0.4) is 0 Å². The van der Waals surface area contributed by atoms with Crippen LogP contribution >= 0.6 is 0 Å². The van der Waals surface area contributed by atoms with Crippen molar-refractivity contribution in [2.24, 2.45) is 0 Å². The molecule has 1 aliphatic rings. The number of anilines is 1. The van der Waals surface area contributed by atoms with Crippen molar-refractivity contribution < 1.29 is 4.79 Å². The molecule has 1 atom stereocenters. The van der Waals surface area contributed by atoms with E-state index in [0.29, 0.717) is 23.5 Å². The van der Waals surface area contributed by atoms with Crippen molar-refractivity contribution in [2.45, 2.75) is 38.6 Å². The van der Waals surface area contributed by atoms with E-state index in [4.69, 9.17) is 0 Å². The molecule has 156 valence electrons. The van der Waals surface area contributed by atoms with Crippen LogP contribution < -0.4 is 15.8 Å². The molecule has 30 heavy (non-hydrogen) atoms. The second kappa shape index (κ2) is 9.02. The number of carbonyl (C=O) groups excluding carboxylic acids is 1. The number of benzene rings is 1. The van der Waals surface area contributed by atoms with Gasteiger partial charge in [-0.1, -0.05) is 30.3 Å². The SMILES string of the molecule is CC(C(=O)NCCc1ccccc1)n1cnc2nc(N3CCCCC3)ncc2c1=O. The summed E-state index contributed by atoms with van der Waals surface area (Å²) in [5, 5.41) is 3.21. The number of amides is 1. The third-order valence-corrected chi connectivity index (χ3v) is 5.52. The van der Waals surface area contributed by atoms with Crippen LogP contribution in [0.5, 0.6) is 0 Å². The van der Waals surface area contributed by atoms with Gasteiger partial charge in [0.25, 0.3) is 5.56 Å². The monoisotopic (exact) mass is 406 g/mol. The Hall–Kier alpha value is -3.29. The molecule has 2 aromatic heterocycles. The van der Waals surface area contributed by atoms with Crippen LogP contribution in [0.25, 0.3) is 11.0 Å². The summed E-state index contributed by atoms with van der Waals surface area (Å²) in [5.41, 5.74) is 1.20. The lowest BCUT2D eigenvalue weighted by Crippen LogP contribution is -2.37. The molecular formula is C22H26N6O2. The fraction of sp³-hybridized carbons (Fsp3) is 0.409. The zero-order valence-electron chi connectivity index (χ0n) is 17.1. The average molecular weight is 406 g/mol. The Balaban J connectivity index is 1.47. The third-order valence-electron chi connectivity index (χ3n) is 5.52. The van der Waals surface area contributed by atoms with E-state index < -0.39 is 6.04 Å². The number of hydrogen-bond acceptors (Lipinski definition) is 6. The summed E-state index contributed by atoms with van der Waals surface area (Å²) in [6, 6.07) is 9.27. The van der Waals surface area contributed by atoms with Gasteiger partial charge in [-0.2, -0.15) is 4.98 Å². The predicted octanol–water partition coefficient (Wildman–Crippen LogP) is 2.10. The molecule has 0 bridgehead atoms. The van der Waals surface area contributed by atoms with Crippen LogP contribution in [-0.2, 0) is 11.2 Å². The van der Waals surface area contributed by atoms with Crippen LogP contribution in [0.4, 0.5) is 5.95 Å². The summed E-state index contributed by atoms with van der Waals surface area (Å²) in [6.45, 7) is 4.03. The molecule has 1 amide bonds. The summed E-state index contributed by atoms with van der Waals surface area (Å²) in [4.78, 5) is 40.8. The molecule has 1 fully saturated rings. The molecule has 3 heterocycles. The second-order valence-corrected chi connectivity index (χ2v) is 7.61. The molecule has 4 rings (SSSR count). The number of fused-ring (bicyclic) bond motifs is 1. The van der Waals surface area contributed by atoms with E-state index in [2.05, 4.69) is 25.2 Å². The lowest BCUT2D eigenvalue weighted by atomic mass is 10.1. The Bertz CT molecular complexity index is 1080. The largest absolute Gasteiger partial charge is 0.354 e. The van der Waals surface area contributed by atoms with E-state index in [9.17, 15) is 9.59 Å². The first-order valence-corrected chi connectivity index (χ1v) is 10.4. The van der Waals surface area contributed by atoms with Gasteiger partial charge in [-0.25, -0.2) is 9.97 Å². The van der Waals surface area contributed by atoms with Gasteiger partial charge in [0.15, 0.2) is 5.65 Å². The molecule has 8 nitrogen and oxygen atoms in total. The van der Waals surface area contributed by atoms with Crippen molar-refractivity contribution in [3.8, 4) is 0 Å². The van der Waals surface area contributed by atoms with Gasteiger partial charge in [-0.3, -0.25) is 14.2 Å². The summed E-state index contributed by atoms with van der Waals surface area (Å²) in [5.74, 6) is 0.388. The van der Waals surface area contributed by atoms with Gasteiger partial charge in [0.2, 0.25) is 11.9 Å². The fourth-order valence-electron chi connectivity index (χ4n) is 3.69. The Morgan fingerprint density at radius 3 is 2.67 bits per heavy atom. The van der Waals surface area contributed by atoms with Crippen molar-refractivity contribution in [1.82, 2.24) is 24.8 Å². The minimum atomic E-state index is -0.674. The number of nitrogens with one attached hydrogen (secondary N) is 1. The molecule has 1 saturated heterocycles. The normalized spacial score (nSPS) is 15.2. The highest BCUT2D eigenvalue weighted by molar-refractivity contribution is 5.80. The van der Waals surface area contributed by atoms with E-state index in [0.717, 1.165) is 37.9 Å². The summed E-state index contributed by atoms with van der Waals surface area (Å²) in [6.07, 6.45) is 7.12. The first-order chi connectivity index (χ1) is 14.6. The Morgan fingerprint density at radius 1 is 1.13 bits per heavy atom. The molecule has 1 unspecified atom stereocenters. The zero-order valence-corrected chi connectivity index (χ0v) is 17.1. The highest BCUT2D eigenvalue weighted by atomic mass is 16.2. The van der Waals surface area contributed by atoms with E-state index in [1.54, 1.807) is 6.92 Å². The lowest BCUT2D eigenvalue weighted by Gasteiger charge is -2.26. The Kier molecular flexibility index (Phi) is 6.02. The van der Waals surface area contributed by atoms with Crippen molar-refractivity contribution in [3.63, 3.8) is 0 Å². The molecular weight excluding hydrogens is 380 g/mol. The van der Waals surface area contributed by atoms with Gasteiger partial charge in [0, 0.05) is 25.8 Å². The van der Waals surface area contributed by atoms with Gasteiger partial charge in [0.1, 0.15) is 17.8 Å². The fourth-order valence-corrected chi connectivity index (χ4v) is 3.69. The maximum Gasteiger partial charge on any atom is 0.265 e. The van der Waals surface area contributed by atoms with Crippen LogP contribution in [0.2, 0.25) is 0 Å². The molecule has 0 saturated carbocycles. The van der Waals surface area contributed by atoms with Crippen molar-refractivity contribution in [1.29, 1.82) is 0 Å². The Labute approximate surface area is 175 Å². The minimum absolute atomic E-state index is 0.222. The summed E-state index contributed by atoms with van der Waals surface area (Å²) >= 11 is 0. The van der Waals surface area contributed by atoms with Crippen molar-refractivity contribution in [3.05, 3.63) is 58.8 Å². The number of nitrogens with zero attached hydrogens (tertiary/aromatic N) is 5. The van der Waals surface area contributed by atoms with Crippen LogP contribution in [0.1, 0.15) is 37.8 Å². The van der Waals surface area contributed by atoms with Gasteiger partial charge in [-0.05, 0) is 38.2 Å². The van der Waals surface area contributed by atoms with Gasteiger partial charge in [-0.15, -0.1) is 0 Å². The molecule has 0 spiro atoms. The quantitative estimate of drug-likeness (QED) is 0.674. The third kappa shape index (κ3) is 4.32. The van der Waals surface area contributed by atoms with Crippen LogP contribution in [-0.4, -0.2) is 45.1 Å². The van der Waals surface area contributed by atoms with Gasteiger partial charge in [0.05, 0.1) is 0 Å². The molecule has 1 N–H and O–H groups in total. The molecule has 1 aliphatic heterocycles. The number of hydrogen-bond donors (Lipinski definition) is 1. The molecule has 1 aromatic carbocycles. The lowest BCUT2D eigenvalue weighted by molar-refractivity contribution is -0.123. The summed E-state index contributed by atoms with van der Waals surface area (Å²) < 4.78 is 1.34. The maximum absolute atomic E-state index is 12.9. The number of carbonyl (C=O) groups is 1. The van der Waals surface area contributed by atoms with E-state index in [1.165, 1.54) is 23.5 Å². The highest BCUT2D eigenvalue weighted by Gasteiger charge is 2.19. The number of piperidine rings is 1. The minimum Gasteiger partial charge on any atom is -0.354 e. The van der Waals surface area contributed by atoms with E-state index in [-0.39, 0.29) is 11.5 Å². The molecule has 0 aliphatic carbocycles. The zero-order chi connectivity index (χ0) is 20.9. The highest BCUT2D eigenvalue weighted by Crippen LogP contribution is 2.17. The average Bonchev–Trinajstić information content (AvgIpc) is 2.80. The topological polar surface area (TPSA) is 93.0 Å². The first-order valence-electron chi connectivity index (χ1n) is 10.4. The van der Waals surface area contributed by atoms with Crippen molar-refractivity contribution >= 4 is 22.9 Å². The molecule has 0 radical (unpaired) electrons. The Morgan fingerprint density at radius 2 is 1.90 bits per heavy atom. The van der Waals surface area contributed by atoms with Crippen LogP contribution in [0.15, 0.2) is 47.7 Å². The standard InChI is InChI=1S/C22H26N6O2/c1-16(20(29)23-11-10-17-8-4-2-5-9-17)28-15-25-19-18(21(28)30)14-24-22(26-19)27-12-6-3-7-13-27/h2,4-5,8-9,14-16H,3,6-7,10-13H2,1H3,(H,23,29). The molecule has 8 heteroatoms. The van der Waals surface area contributed by atoms with Crippen LogP contribution in [0, 0.1) is 0 Å². The predicted molar refractivity (Wildman–Crippen MR) is 116 cm³/mol. The molecule has 3 aromatic rings. The first kappa shape index (κ1) is 20.0. The number of aromatic nitrogens is 4. The summed E-state index contributed by atoms with van der Waals surface area (Å²) in [7, 11) is 0. The smallest absolute Gasteiger partial charge is 0.265 e.